The van der Waals surface area contributed by atoms with E-state index in [1.165, 1.54) is 28.8 Å². The Bertz CT molecular complexity index is 1980. The molecule has 1 fully saturated rings. The third-order valence-corrected chi connectivity index (χ3v) is 9.04. The van der Waals surface area contributed by atoms with Gasteiger partial charge in [0.2, 0.25) is 5.91 Å². The molecule has 1 N–H and O–H groups in total. The van der Waals surface area contributed by atoms with Gasteiger partial charge in [-0.3, -0.25) is 19.1 Å². The number of halogens is 2. The van der Waals surface area contributed by atoms with Gasteiger partial charge in [-0.2, -0.15) is 0 Å². The van der Waals surface area contributed by atoms with Gasteiger partial charge in [-0.15, -0.1) is 0 Å². The Balaban J connectivity index is 1.96. The van der Waals surface area contributed by atoms with Crippen molar-refractivity contribution < 1.29 is 22.7 Å². The molecule has 1 aromatic carbocycles. The fourth-order valence-electron chi connectivity index (χ4n) is 5.59. The molecule has 13 heteroatoms. The second kappa shape index (κ2) is 11.7. The van der Waals surface area contributed by atoms with Gasteiger partial charge in [0, 0.05) is 44.0 Å². The molecule has 10 nitrogen and oxygen atoms in total. The molecular formula is C31H31ClFN5O5S. The zero-order valence-corrected chi connectivity index (χ0v) is 26.2. The highest BCUT2D eigenvalue weighted by molar-refractivity contribution is 7.90. The molecule has 0 spiro atoms. The normalized spacial score (nSPS) is 14.0. The molecule has 1 amide bonds. The Morgan fingerprint density at radius 1 is 1.16 bits per heavy atom. The maximum Gasteiger partial charge on any atom is 0.277 e. The van der Waals surface area contributed by atoms with Gasteiger partial charge >= 0.3 is 0 Å². The highest BCUT2D eigenvalue weighted by Gasteiger charge is 2.33. The van der Waals surface area contributed by atoms with E-state index in [2.05, 4.69) is 16.5 Å². The summed E-state index contributed by atoms with van der Waals surface area (Å²) >= 11 is 6.72. The van der Waals surface area contributed by atoms with Gasteiger partial charge in [0.25, 0.3) is 5.56 Å². The maximum absolute atomic E-state index is 15.1. The standard InChI is InChI=1S/C31H31ClFN5O5S/c1-6-23(40)36-12-14-37(15-13-36)28-19-16-20(32)26(24-21(33)8-7-9-22(24)39)35-30(19)38(31(41)29(28)44(5,42)43)27-18(4)10-11-34-25(27)17(2)3/h6-11,16-17,39H,1,12-15H2,2-5H3. The smallest absolute Gasteiger partial charge is 0.277 e. The number of anilines is 1. The fourth-order valence-corrected chi connectivity index (χ4v) is 6.83. The average molecular weight is 640 g/mol. The molecule has 1 aliphatic heterocycles. The Hall–Kier alpha value is -4.29. The third-order valence-electron chi connectivity index (χ3n) is 7.64. The minimum Gasteiger partial charge on any atom is -0.507 e. The third kappa shape index (κ3) is 5.32. The van der Waals surface area contributed by atoms with Crippen LogP contribution in [0.5, 0.6) is 5.75 Å². The number of phenols is 1. The molecule has 0 bridgehead atoms. The van der Waals surface area contributed by atoms with Crippen LogP contribution in [-0.4, -0.2) is 71.3 Å². The lowest BCUT2D eigenvalue weighted by molar-refractivity contribution is -0.126. The Morgan fingerprint density at radius 3 is 2.43 bits per heavy atom. The van der Waals surface area contributed by atoms with Gasteiger partial charge < -0.3 is 14.9 Å². The molecular weight excluding hydrogens is 609 g/mol. The van der Waals surface area contributed by atoms with Gasteiger partial charge in [-0.1, -0.05) is 38.1 Å². The molecule has 230 valence electrons. The first-order chi connectivity index (χ1) is 20.8. The van der Waals surface area contributed by atoms with Gasteiger partial charge in [-0.05, 0) is 48.7 Å². The maximum atomic E-state index is 15.1. The molecule has 1 aliphatic rings. The van der Waals surface area contributed by atoms with Crippen LogP contribution in [0.1, 0.15) is 31.0 Å². The molecule has 1 saturated heterocycles. The van der Waals surface area contributed by atoms with Crippen molar-refractivity contribution >= 4 is 44.1 Å². The van der Waals surface area contributed by atoms with Crippen molar-refractivity contribution in [1.82, 2.24) is 19.4 Å². The molecule has 0 saturated carbocycles. The molecule has 0 atom stereocenters. The molecule has 4 aromatic rings. The number of aryl methyl sites for hydroxylation is 1. The second-order valence-electron chi connectivity index (χ2n) is 10.9. The number of phenolic OH excluding ortho intramolecular Hbond substituents is 1. The number of sulfone groups is 1. The Morgan fingerprint density at radius 2 is 1.84 bits per heavy atom. The lowest BCUT2D eigenvalue weighted by atomic mass is 10.0. The van der Waals surface area contributed by atoms with Crippen molar-refractivity contribution in [2.45, 2.75) is 31.6 Å². The van der Waals surface area contributed by atoms with Gasteiger partial charge in [-0.25, -0.2) is 17.8 Å². The van der Waals surface area contributed by atoms with Crippen molar-refractivity contribution in [3.05, 3.63) is 81.6 Å². The summed E-state index contributed by atoms with van der Waals surface area (Å²) in [7, 11) is -4.17. The Kier molecular flexibility index (Phi) is 8.25. The van der Waals surface area contributed by atoms with Crippen molar-refractivity contribution in [2.24, 2.45) is 0 Å². The van der Waals surface area contributed by atoms with Crippen LogP contribution in [0.15, 0.2) is 58.9 Å². The molecule has 44 heavy (non-hydrogen) atoms. The number of hydrogen-bond acceptors (Lipinski definition) is 8. The number of hydrogen-bond donors (Lipinski definition) is 1. The van der Waals surface area contributed by atoms with E-state index in [0.717, 1.165) is 12.3 Å². The van der Waals surface area contributed by atoms with E-state index in [9.17, 15) is 23.1 Å². The van der Waals surface area contributed by atoms with E-state index in [4.69, 9.17) is 11.6 Å². The van der Waals surface area contributed by atoms with E-state index in [-0.39, 0.29) is 71.0 Å². The van der Waals surface area contributed by atoms with Gasteiger partial charge in [0.1, 0.15) is 17.2 Å². The molecule has 0 radical (unpaired) electrons. The topological polar surface area (TPSA) is 126 Å². The summed E-state index contributed by atoms with van der Waals surface area (Å²) < 4.78 is 43.2. The van der Waals surface area contributed by atoms with Crippen LogP contribution >= 0.6 is 11.6 Å². The quantitative estimate of drug-likeness (QED) is 0.303. The molecule has 4 heterocycles. The van der Waals surface area contributed by atoms with E-state index in [1.54, 1.807) is 29.0 Å². The Labute approximate surface area is 259 Å². The number of benzene rings is 1. The molecule has 0 unspecified atom stereocenters. The minimum atomic E-state index is -4.17. The second-order valence-corrected chi connectivity index (χ2v) is 13.3. The number of carbonyl (C=O) groups excluding carboxylic acids is 1. The first-order valence-electron chi connectivity index (χ1n) is 13.9. The number of aromatic hydroxyl groups is 1. The molecule has 5 rings (SSSR count). The number of aromatic nitrogens is 3. The fraction of sp³-hybridized carbons (Fsp3) is 0.290. The number of rotatable bonds is 6. The van der Waals surface area contributed by atoms with Crippen molar-refractivity contribution in [1.29, 1.82) is 0 Å². The number of fused-ring (bicyclic) bond motifs is 1. The predicted octanol–water partition coefficient (Wildman–Crippen LogP) is 4.62. The van der Waals surface area contributed by atoms with Crippen LogP contribution in [0.3, 0.4) is 0 Å². The summed E-state index contributed by atoms with van der Waals surface area (Å²) in [5, 5.41) is 10.7. The van der Waals surface area contributed by atoms with Crippen LogP contribution in [0, 0.1) is 12.7 Å². The number of pyridine rings is 3. The highest BCUT2D eigenvalue weighted by atomic mass is 35.5. The first kappa shape index (κ1) is 31.1. The van der Waals surface area contributed by atoms with Crippen molar-refractivity contribution in [2.75, 3.05) is 37.3 Å². The largest absolute Gasteiger partial charge is 0.507 e. The lowest BCUT2D eigenvalue weighted by Gasteiger charge is -2.37. The first-order valence-corrected chi connectivity index (χ1v) is 16.1. The summed E-state index contributed by atoms with van der Waals surface area (Å²) in [5.41, 5.74) is 0.311. The van der Waals surface area contributed by atoms with Gasteiger partial charge in [0.05, 0.1) is 33.3 Å². The average Bonchev–Trinajstić information content (AvgIpc) is 2.96. The summed E-state index contributed by atoms with van der Waals surface area (Å²) in [4.78, 5) is 38.8. The zero-order chi connectivity index (χ0) is 32.1. The summed E-state index contributed by atoms with van der Waals surface area (Å²) in [6.45, 7) is 9.99. The number of piperazine rings is 1. The summed E-state index contributed by atoms with van der Waals surface area (Å²) in [6, 6.07) is 6.91. The summed E-state index contributed by atoms with van der Waals surface area (Å²) in [5.74, 6) is -1.64. The summed E-state index contributed by atoms with van der Waals surface area (Å²) in [6.07, 6.45) is 3.77. The van der Waals surface area contributed by atoms with E-state index in [1.807, 2.05) is 13.8 Å². The van der Waals surface area contributed by atoms with E-state index in [0.29, 0.717) is 16.9 Å². The van der Waals surface area contributed by atoms with Gasteiger partial charge in [0.15, 0.2) is 14.7 Å². The van der Waals surface area contributed by atoms with Crippen LogP contribution in [-0.2, 0) is 14.6 Å². The minimum absolute atomic E-state index is 0.00190. The number of carbonyl (C=O) groups is 1. The molecule has 3 aromatic heterocycles. The van der Waals surface area contributed by atoms with Crippen molar-refractivity contribution in [3.63, 3.8) is 0 Å². The molecule has 0 aliphatic carbocycles. The van der Waals surface area contributed by atoms with Crippen LogP contribution < -0.4 is 10.5 Å². The number of nitrogens with zero attached hydrogens (tertiary/aromatic N) is 5. The predicted molar refractivity (Wildman–Crippen MR) is 168 cm³/mol. The lowest BCUT2D eigenvalue weighted by Crippen LogP contribution is -2.49. The van der Waals surface area contributed by atoms with Crippen molar-refractivity contribution in [3.8, 4) is 22.7 Å². The monoisotopic (exact) mass is 639 g/mol. The van der Waals surface area contributed by atoms with Crippen LogP contribution in [0.2, 0.25) is 5.02 Å². The zero-order valence-electron chi connectivity index (χ0n) is 24.6. The van der Waals surface area contributed by atoms with E-state index < -0.39 is 31.9 Å². The van der Waals surface area contributed by atoms with Crippen LogP contribution in [0.4, 0.5) is 10.1 Å². The SMILES string of the molecule is C=CC(=O)N1CCN(c2c(S(C)(=O)=O)c(=O)n(-c3c(C)ccnc3C(C)C)c3nc(-c4c(O)cccc4F)c(Cl)cc23)CC1. The number of amides is 1. The van der Waals surface area contributed by atoms with E-state index >= 15 is 4.39 Å². The highest BCUT2D eigenvalue weighted by Crippen LogP contribution is 2.41. The van der Waals surface area contributed by atoms with Crippen LogP contribution in [0.25, 0.3) is 28.0 Å².